The van der Waals surface area contributed by atoms with Gasteiger partial charge in [-0.3, -0.25) is 14.2 Å². The van der Waals surface area contributed by atoms with Crippen molar-refractivity contribution in [2.24, 2.45) is 0 Å². The highest BCUT2D eigenvalue weighted by Crippen LogP contribution is 2.35. The van der Waals surface area contributed by atoms with E-state index < -0.39 is 0 Å². The number of aromatic nitrogens is 4. The molecule has 3 aromatic heterocycles. The second kappa shape index (κ2) is 8.52. The Balaban J connectivity index is 1.66. The highest BCUT2D eigenvalue weighted by molar-refractivity contribution is 7.99. The van der Waals surface area contributed by atoms with Crippen molar-refractivity contribution in [1.29, 1.82) is 0 Å². The van der Waals surface area contributed by atoms with E-state index in [1.54, 1.807) is 10.6 Å². The summed E-state index contributed by atoms with van der Waals surface area (Å²) in [5.41, 5.74) is 4.38. The van der Waals surface area contributed by atoms with Crippen molar-refractivity contribution in [2.75, 3.05) is 0 Å². The van der Waals surface area contributed by atoms with Gasteiger partial charge in [0, 0.05) is 4.88 Å². The Hall–Kier alpha value is -3.23. The molecule has 0 aliphatic carbocycles. The fraction of sp³-hybridized carbons (Fsp3) is 0.231. The molecule has 1 N–H and O–H groups in total. The molecule has 0 spiro atoms. The van der Waals surface area contributed by atoms with Crippen LogP contribution in [0.1, 0.15) is 39.6 Å². The Labute approximate surface area is 204 Å². The number of para-hydroxylation sites is 1. The molecule has 0 radical (unpaired) electrons. The molecule has 1 unspecified atom stereocenters. The summed E-state index contributed by atoms with van der Waals surface area (Å²) >= 11 is 2.94. The van der Waals surface area contributed by atoms with Gasteiger partial charge < -0.3 is 4.98 Å². The smallest absolute Gasteiger partial charge is 0.266 e. The third kappa shape index (κ3) is 3.76. The molecular weight excluding hydrogens is 464 g/mol. The number of hydrogen-bond acceptors (Lipinski definition) is 6. The SMILES string of the molecule is Cc1ccc(-n2c(SC(C)c3nc4sc(C)c(C)c4c(=O)[nH]3)nc3ccccc3c2=O)cc1C. The summed E-state index contributed by atoms with van der Waals surface area (Å²) in [6.45, 7) is 9.99. The molecule has 3 heterocycles. The van der Waals surface area contributed by atoms with Crippen molar-refractivity contribution in [1.82, 2.24) is 19.5 Å². The molecule has 0 saturated carbocycles. The maximum atomic E-state index is 13.6. The molecule has 34 heavy (non-hydrogen) atoms. The highest BCUT2D eigenvalue weighted by Gasteiger charge is 2.20. The predicted molar refractivity (Wildman–Crippen MR) is 141 cm³/mol. The fourth-order valence-electron chi connectivity index (χ4n) is 3.96. The molecule has 6 nitrogen and oxygen atoms in total. The van der Waals surface area contributed by atoms with Crippen molar-refractivity contribution in [2.45, 2.75) is 45.0 Å². The molecule has 0 fully saturated rings. The fourth-order valence-corrected chi connectivity index (χ4v) is 5.98. The average molecular weight is 489 g/mol. The standard InChI is InChI=1S/C26H24N4O2S2/c1-13-10-11-18(12-14(13)2)30-25(32)19-8-6-7-9-20(19)27-26(30)34-17(5)22-28-23(31)21-15(3)16(4)33-24(21)29-22/h6-12,17H,1-5H3,(H,28,29,31). The number of fused-ring (bicyclic) bond motifs is 2. The maximum Gasteiger partial charge on any atom is 0.266 e. The van der Waals surface area contributed by atoms with Crippen molar-refractivity contribution in [3.63, 3.8) is 0 Å². The van der Waals surface area contributed by atoms with E-state index in [2.05, 4.69) is 4.98 Å². The van der Waals surface area contributed by atoms with Gasteiger partial charge in [-0.1, -0.05) is 30.0 Å². The van der Waals surface area contributed by atoms with Crippen LogP contribution in [0, 0.1) is 27.7 Å². The van der Waals surface area contributed by atoms with Gasteiger partial charge in [0.15, 0.2) is 5.16 Å². The number of benzene rings is 2. The van der Waals surface area contributed by atoms with Gasteiger partial charge in [-0.15, -0.1) is 11.3 Å². The van der Waals surface area contributed by atoms with Gasteiger partial charge in [-0.25, -0.2) is 9.97 Å². The summed E-state index contributed by atoms with van der Waals surface area (Å²) in [6, 6.07) is 13.3. The summed E-state index contributed by atoms with van der Waals surface area (Å²) in [6.07, 6.45) is 0. The molecule has 172 valence electrons. The van der Waals surface area contributed by atoms with Crippen LogP contribution in [0.25, 0.3) is 26.8 Å². The number of nitrogens with zero attached hydrogens (tertiary/aromatic N) is 3. The highest BCUT2D eigenvalue weighted by atomic mass is 32.2. The molecule has 5 aromatic rings. The normalized spacial score (nSPS) is 12.5. The summed E-state index contributed by atoms with van der Waals surface area (Å²) in [5, 5.41) is 1.54. The molecule has 0 aliphatic rings. The number of aromatic amines is 1. The Morgan fingerprint density at radius 3 is 2.53 bits per heavy atom. The lowest BCUT2D eigenvalue weighted by molar-refractivity contribution is 0.809. The van der Waals surface area contributed by atoms with Gasteiger partial charge in [-0.05, 0) is 75.6 Å². The number of nitrogens with one attached hydrogen (secondary N) is 1. The lowest BCUT2D eigenvalue weighted by Gasteiger charge is -2.17. The topological polar surface area (TPSA) is 80.6 Å². The van der Waals surface area contributed by atoms with E-state index in [1.807, 2.05) is 71.0 Å². The predicted octanol–water partition coefficient (Wildman–Crippen LogP) is 5.77. The minimum atomic E-state index is -0.231. The van der Waals surface area contributed by atoms with Crippen LogP contribution < -0.4 is 11.1 Å². The Bertz CT molecular complexity index is 1700. The first-order valence-electron chi connectivity index (χ1n) is 11.0. The van der Waals surface area contributed by atoms with Crippen LogP contribution in [-0.4, -0.2) is 19.5 Å². The van der Waals surface area contributed by atoms with Crippen LogP contribution in [-0.2, 0) is 0 Å². The van der Waals surface area contributed by atoms with Gasteiger partial charge in [0.05, 0.1) is 27.2 Å². The van der Waals surface area contributed by atoms with Crippen LogP contribution >= 0.6 is 23.1 Å². The number of hydrogen-bond donors (Lipinski definition) is 1. The summed E-state index contributed by atoms with van der Waals surface area (Å²) < 4.78 is 1.66. The molecule has 1 atom stereocenters. The second-order valence-electron chi connectivity index (χ2n) is 8.50. The van der Waals surface area contributed by atoms with E-state index in [0.29, 0.717) is 27.3 Å². The number of thioether (sulfide) groups is 1. The Morgan fingerprint density at radius 1 is 1.00 bits per heavy atom. The average Bonchev–Trinajstić information content (AvgIpc) is 3.10. The van der Waals surface area contributed by atoms with Gasteiger partial charge >= 0.3 is 0 Å². The van der Waals surface area contributed by atoms with Gasteiger partial charge in [0.1, 0.15) is 10.7 Å². The lowest BCUT2D eigenvalue weighted by atomic mass is 10.1. The van der Waals surface area contributed by atoms with E-state index in [0.717, 1.165) is 32.1 Å². The first-order valence-corrected chi connectivity index (χ1v) is 12.7. The van der Waals surface area contributed by atoms with Crippen molar-refractivity contribution < 1.29 is 0 Å². The molecular formula is C26H24N4O2S2. The van der Waals surface area contributed by atoms with E-state index in [9.17, 15) is 9.59 Å². The van der Waals surface area contributed by atoms with Crippen LogP contribution in [0.15, 0.2) is 57.2 Å². The quantitative estimate of drug-likeness (QED) is 0.257. The van der Waals surface area contributed by atoms with E-state index >= 15 is 0 Å². The number of H-pyrrole nitrogens is 1. The monoisotopic (exact) mass is 488 g/mol. The zero-order chi connectivity index (χ0) is 24.1. The summed E-state index contributed by atoms with van der Waals surface area (Å²) in [4.78, 5) is 40.8. The lowest BCUT2D eigenvalue weighted by Crippen LogP contribution is -2.22. The number of aryl methyl sites for hydroxylation is 4. The molecule has 5 rings (SSSR count). The van der Waals surface area contributed by atoms with E-state index in [4.69, 9.17) is 9.97 Å². The Kier molecular flexibility index (Phi) is 5.65. The minimum Gasteiger partial charge on any atom is -0.309 e. The third-order valence-electron chi connectivity index (χ3n) is 6.22. The van der Waals surface area contributed by atoms with Crippen molar-refractivity contribution in [3.8, 4) is 5.69 Å². The summed E-state index contributed by atoms with van der Waals surface area (Å²) in [5.74, 6) is 0.567. The second-order valence-corrected chi connectivity index (χ2v) is 11.0. The van der Waals surface area contributed by atoms with E-state index in [-0.39, 0.29) is 16.4 Å². The van der Waals surface area contributed by atoms with E-state index in [1.165, 1.54) is 23.1 Å². The van der Waals surface area contributed by atoms with Crippen LogP contribution in [0.3, 0.4) is 0 Å². The molecule has 0 bridgehead atoms. The first-order chi connectivity index (χ1) is 16.2. The molecule has 8 heteroatoms. The van der Waals surface area contributed by atoms with Crippen molar-refractivity contribution in [3.05, 3.63) is 90.6 Å². The van der Waals surface area contributed by atoms with Gasteiger partial charge in [-0.2, -0.15) is 0 Å². The largest absolute Gasteiger partial charge is 0.309 e. The first kappa shape index (κ1) is 22.6. The van der Waals surface area contributed by atoms with Crippen LogP contribution in [0.5, 0.6) is 0 Å². The zero-order valence-corrected chi connectivity index (χ0v) is 21.2. The molecule has 0 amide bonds. The van der Waals surface area contributed by atoms with Gasteiger partial charge in [0.25, 0.3) is 11.1 Å². The van der Waals surface area contributed by atoms with Crippen molar-refractivity contribution >= 4 is 44.2 Å². The molecule has 0 saturated heterocycles. The maximum absolute atomic E-state index is 13.6. The minimum absolute atomic E-state index is 0.120. The van der Waals surface area contributed by atoms with Gasteiger partial charge in [0.2, 0.25) is 0 Å². The zero-order valence-electron chi connectivity index (χ0n) is 19.6. The molecule has 2 aromatic carbocycles. The molecule has 0 aliphatic heterocycles. The Morgan fingerprint density at radius 2 is 1.76 bits per heavy atom. The van der Waals surface area contributed by atoms with Crippen LogP contribution in [0.4, 0.5) is 0 Å². The number of rotatable bonds is 4. The third-order valence-corrected chi connectivity index (χ3v) is 8.38. The van der Waals surface area contributed by atoms with Crippen LogP contribution in [0.2, 0.25) is 0 Å². The summed E-state index contributed by atoms with van der Waals surface area (Å²) in [7, 11) is 0. The number of thiophene rings is 1.